The highest BCUT2D eigenvalue weighted by molar-refractivity contribution is 5.87. The molecule has 1 atom stereocenters. The van der Waals surface area contributed by atoms with Crippen molar-refractivity contribution in [1.29, 1.82) is 0 Å². The minimum Gasteiger partial charge on any atom is -0.508 e. The fourth-order valence-electron chi connectivity index (χ4n) is 3.75. The Morgan fingerprint density at radius 3 is 2.65 bits per heavy atom. The van der Waals surface area contributed by atoms with Gasteiger partial charge in [0.2, 0.25) is 0 Å². The van der Waals surface area contributed by atoms with Gasteiger partial charge >= 0.3 is 0 Å². The van der Waals surface area contributed by atoms with Gasteiger partial charge in [-0.2, -0.15) is 0 Å². The molecule has 6 nitrogen and oxygen atoms in total. The van der Waals surface area contributed by atoms with E-state index >= 15 is 0 Å². The molecule has 1 aromatic heterocycles. The highest BCUT2D eigenvalue weighted by atomic mass is 16.5. The summed E-state index contributed by atoms with van der Waals surface area (Å²) in [6.07, 6.45) is 7.57. The van der Waals surface area contributed by atoms with E-state index in [9.17, 15) is 20.1 Å². The van der Waals surface area contributed by atoms with Crippen LogP contribution < -0.4 is 10.2 Å². The van der Waals surface area contributed by atoms with Gasteiger partial charge in [-0.15, -0.1) is 0 Å². The molecule has 0 amide bonds. The van der Waals surface area contributed by atoms with E-state index in [2.05, 4.69) is 19.9 Å². The van der Waals surface area contributed by atoms with Crippen molar-refractivity contribution < 1.29 is 24.5 Å². The summed E-state index contributed by atoms with van der Waals surface area (Å²) in [5, 5.41) is 30.5. The zero-order chi connectivity index (χ0) is 22.3. The second-order valence-electron chi connectivity index (χ2n) is 8.25. The molecule has 0 spiro atoms. The molecule has 0 radical (unpaired) electrons. The van der Waals surface area contributed by atoms with Crippen molar-refractivity contribution in [3.63, 3.8) is 0 Å². The van der Waals surface area contributed by atoms with E-state index in [4.69, 9.17) is 9.15 Å². The molecule has 6 heteroatoms. The first kappa shape index (κ1) is 20.6. The number of rotatable bonds is 4. The van der Waals surface area contributed by atoms with Crippen LogP contribution >= 0.6 is 0 Å². The van der Waals surface area contributed by atoms with Crippen LogP contribution in [-0.2, 0) is 0 Å². The minimum atomic E-state index is -0.489. The first-order valence-corrected chi connectivity index (χ1v) is 10.0. The molecule has 1 unspecified atom stereocenters. The molecule has 0 bridgehead atoms. The van der Waals surface area contributed by atoms with Crippen molar-refractivity contribution in [2.24, 2.45) is 0 Å². The second kappa shape index (κ2) is 7.54. The normalized spacial score (nSPS) is 17.3. The lowest BCUT2D eigenvalue weighted by atomic mass is 9.93. The Morgan fingerprint density at radius 1 is 1.13 bits per heavy atom. The number of phenols is 3. The average Bonchev–Trinajstić information content (AvgIpc) is 2.66. The maximum Gasteiger partial charge on any atom is 0.197 e. The number of hydrogen-bond donors (Lipinski definition) is 3. The second-order valence-corrected chi connectivity index (χ2v) is 8.25. The fourth-order valence-corrected chi connectivity index (χ4v) is 3.75. The molecule has 0 saturated heterocycles. The first-order chi connectivity index (χ1) is 14.7. The van der Waals surface area contributed by atoms with Crippen molar-refractivity contribution in [3.8, 4) is 34.3 Å². The summed E-state index contributed by atoms with van der Waals surface area (Å²) < 4.78 is 11.9. The van der Waals surface area contributed by atoms with Gasteiger partial charge < -0.3 is 24.5 Å². The molecule has 0 aliphatic carbocycles. The summed E-state index contributed by atoms with van der Waals surface area (Å²) in [7, 11) is 0. The molecule has 2 aromatic carbocycles. The Bertz CT molecular complexity index is 1290. The van der Waals surface area contributed by atoms with Crippen LogP contribution in [0.2, 0.25) is 0 Å². The summed E-state index contributed by atoms with van der Waals surface area (Å²) in [5.74, 6) is -0.0145. The lowest BCUT2D eigenvalue weighted by Crippen LogP contribution is -2.31. The Kier molecular flexibility index (Phi) is 5.01. The van der Waals surface area contributed by atoms with Crippen LogP contribution in [0.25, 0.3) is 28.4 Å². The molecule has 31 heavy (non-hydrogen) atoms. The van der Waals surface area contributed by atoms with Gasteiger partial charge in [-0.25, -0.2) is 0 Å². The van der Waals surface area contributed by atoms with E-state index in [1.165, 1.54) is 17.7 Å². The summed E-state index contributed by atoms with van der Waals surface area (Å²) in [6.45, 7) is 6.11. The van der Waals surface area contributed by atoms with E-state index < -0.39 is 11.0 Å². The van der Waals surface area contributed by atoms with Gasteiger partial charge in [0.1, 0.15) is 45.3 Å². The third kappa shape index (κ3) is 3.89. The van der Waals surface area contributed by atoms with E-state index in [0.29, 0.717) is 16.9 Å². The smallest absolute Gasteiger partial charge is 0.197 e. The summed E-state index contributed by atoms with van der Waals surface area (Å²) >= 11 is 0. The van der Waals surface area contributed by atoms with Crippen LogP contribution in [-0.4, -0.2) is 20.9 Å². The molecule has 1 aliphatic heterocycles. The number of fused-ring (bicyclic) bond motifs is 2. The van der Waals surface area contributed by atoms with E-state index in [0.717, 1.165) is 18.9 Å². The summed E-state index contributed by atoms with van der Waals surface area (Å²) in [4.78, 5) is 12.5. The van der Waals surface area contributed by atoms with Crippen LogP contribution in [0.4, 0.5) is 0 Å². The molecule has 0 saturated carbocycles. The first-order valence-electron chi connectivity index (χ1n) is 10.0. The molecule has 4 rings (SSSR count). The Morgan fingerprint density at radius 2 is 1.90 bits per heavy atom. The van der Waals surface area contributed by atoms with Gasteiger partial charge in [-0.1, -0.05) is 11.6 Å². The van der Waals surface area contributed by atoms with Gasteiger partial charge in [0.05, 0.1) is 11.1 Å². The zero-order valence-corrected chi connectivity index (χ0v) is 17.6. The molecular formula is C25H24O6. The lowest BCUT2D eigenvalue weighted by Gasteiger charge is -2.32. The molecule has 3 N–H and O–H groups in total. The SMILES string of the molecule is CC(C)=CCCC1(C)C=Cc2c(ccc(-c3cc(=O)c4c(O)cc(O)cc4o3)c2O)O1. The predicted octanol–water partition coefficient (Wildman–Crippen LogP) is 5.49. The maximum absolute atomic E-state index is 12.5. The highest BCUT2D eigenvalue weighted by Crippen LogP contribution is 2.43. The standard InChI is InChI=1S/C25H24O6/c1-14(2)5-4-9-25(3)10-8-17-20(31-25)7-6-16(24(17)29)21-13-19(28)23-18(27)11-15(26)12-22(23)30-21/h5-8,10-13,26-27,29H,4,9H2,1-3H3. The lowest BCUT2D eigenvalue weighted by molar-refractivity contribution is 0.128. The van der Waals surface area contributed by atoms with Gasteiger partial charge in [-0.05, 0) is 57.9 Å². The van der Waals surface area contributed by atoms with E-state index in [1.807, 2.05) is 19.1 Å². The van der Waals surface area contributed by atoms with Crippen molar-refractivity contribution in [1.82, 2.24) is 0 Å². The highest BCUT2D eigenvalue weighted by Gasteiger charge is 2.29. The minimum absolute atomic E-state index is 0.0239. The summed E-state index contributed by atoms with van der Waals surface area (Å²) in [6, 6.07) is 6.88. The number of hydrogen-bond acceptors (Lipinski definition) is 6. The fraction of sp³-hybridized carbons (Fsp3) is 0.240. The number of aromatic hydroxyl groups is 3. The third-order valence-electron chi connectivity index (χ3n) is 5.38. The van der Waals surface area contributed by atoms with Crippen LogP contribution in [0.15, 0.2) is 57.3 Å². The van der Waals surface area contributed by atoms with Gasteiger partial charge in [-0.3, -0.25) is 4.79 Å². The van der Waals surface area contributed by atoms with Gasteiger partial charge in [0.15, 0.2) is 5.43 Å². The molecule has 2 heterocycles. The van der Waals surface area contributed by atoms with E-state index in [1.54, 1.807) is 12.1 Å². The number of allylic oxidation sites excluding steroid dienone is 2. The number of phenolic OH excluding ortho intramolecular Hbond substituents is 3. The largest absolute Gasteiger partial charge is 0.508 e. The number of ether oxygens (including phenoxy) is 1. The average molecular weight is 420 g/mol. The van der Waals surface area contributed by atoms with Crippen molar-refractivity contribution in [3.05, 3.63) is 63.8 Å². The topological polar surface area (TPSA) is 100 Å². The van der Waals surface area contributed by atoms with Crippen molar-refractivity contribution >= 4 is 17.0 Å². The number of benzene rings is 2. The Labute approximate surface area is 179 Å². The Balaban J connectivity index is 1.73. The van der Waals surface area contributed by atoms with Crippen molar-refractivity contribution in [2.75, 3.05) is 0 Å². The molecule has 160 valence electrons. The van der Waals surface area contributed by atoms with Gasteiger partial charge in [0.25, 0.3) is 0 Å². The van der Waals surface area contributed by atoms with Crippen LogP contribution in [0, 0.1) is 0 Å². The predicted molar refractivity (Wildman–Crippen MR) is 120 cm³/mol. The van der Waals surface area contributed by atoms with Crippen LogP contribution in [0.5, 0.6) is 23.0 Å². The van der Waals surface area contributed by atoms with Gasteiger partial charge in [0, 0.05) is 18.2 Å². The molecular weight excluding hydrogens is 396 g/mol. The van der Waals surface area contributed by atoms with Crippen molar-refractivity contribution in [2.45, 2.75) is 39.2 Å². The molecule has 1 aliphatic rings. The quantitative estimate of drug-likeness (QED) is 0.483. The monoisotopic (exact) mass is 420 g/mol. The third-order valence-corrected chi connectivity index (χ3v) is 5.38. The van der Waals surface area contributed by atoms with Crippen LogP contribution in [0.1, 0.15) is 39.2 Å². The molecule has 0 fully saturated rings. The van der Waals surface area contributed by atoms with E-state index in [-0.39, 0.29) is 34.0 Å². The maximum atomic E-state index is 12.5. The summed E-state index contributed by atoms with van der Waals surface area (Å²) in [5.41, 5.74) is 1.11. The zero-order valence-electron chi connectivity index (χ0n) is 17.6. The molecule has 3 aromatic rings. The Hall–Kier alpha value is -3.67. The van der Waals surface area contributed by atoms with Crippen LogP contribution in [0.3, 0.4) is 0 Å².